The summed E-state index contributed by atoms with van der Waals surface area (Å²) in [5.41, 5.74) is -4.23. The Bertz CT molecular complexity index is 1400. The number of alkyl halides is 2. The van der Waals surface area contributed by atoms with E-state index < -0.39 is 34.8 Å². The monoisotopic (exact) mass is 603 g/mol. The molecule has 0 radical (unpaired) electrons. The molecule has 13 heteroatoms. The number of carbonyl (C=O) groups excluding carboxylic acids is 1. The van der Waals surface area contributed by atoms with Gasteiger partial charge in [-0.1, -0.05) is 58.4 Å². The molecule has 0 fully saturated rings. The Kier molecular flexibility index (Phi) is 8.49. The Morgan fingerprint density at radius 2 is 1.56 bits per heavy atom. The standard InChI is InChI=1S/C23H21BrF2NO7PS/c1-34-22(28)18-10-7-16(8-11-18)14-27(36(32,33)19-5-3-2-4-6-19)15-17-9-12-20(21(24)13-17)23(25,26)35(29,30)31/h2-13H,14-15H2,1H3,(H2,29,30,31). The molecule has 0 bridgehead atoms. The largest absolute Gasteiger partial charge is 0.465 e. The number of halogens is 3. The smallest absolute Gasteiger partial charge is 0.399 e. The minimum Gasteiger partial charge on any atom is -0.465 e. The van der Waals surface area contributed by atoms with Crippen molar-refractivity contribution in [2.75, 3.05) is 7.11 Å². The van der Waals surface area contributed by atoms with Gasteiger partial charge in [-0.15, -0.1) is 0 Å². The van der Waals surface area contributed by atoms with Gasteiger partial charge in [-0.25, -0.2) is 13.2 Å². The van der Waals surface area contributed by atoms with Gasteiger partial charge in [-0.2, -0.15) is 13.1 Å². The minimum absolute atomic E-state index is 0.0138. The van der Waals surface area contributed by atoms with E-state index in [2.05, 4.69) is 20.7 Å². The number of hydrogen-bond acceptors (Lipinski definition) is 5. The van der Waals surface area contributed by atoms with Crippen molar-refractivity contribution >= 4 is 39.5 Å². The molecule has 0 saturated carbocycles. The average molecular weight is 604 g/mol. The van der Waals surface area contributed by atoms with Crippen LogP contribution in [-0.2, 0) is 38.1 Å². The lowest BCUT2D eigenvalue weighted by Crippen LogP contribution is -2.30. The normalized spacial score (nSPS) is 12.5. The summed E-state index contributed by atoms with van der Waals surface area (Å²) in [6.45, 7) is -0.354. The lowest BCUT2D eigenvalue weighted by Gasteiger charge is -2.24. The molecule has 3 aromatic carbocycles. The third-order valence-corrected chi connectivity index (χ3v) is 8.63. The van der Waals surface area contributed by atoms with Crippen LogP contribution in [0.25, 0.3) is 0 Å². The van der Waals surface area contributed by atoms with Crippen LogP contribution in [0.3, 0.4) is 0 Å². The van der Waals surface area contributed by atoms with Crippen molar-refractivity contribution in [3.05, 3.63) is 99.5 Å². The van der Waals surface area contributed by atoms with Crippen molar-refractivity contribution in [1.82, 2.24) is 4.31 Å². The molecule has 0 amide bonds. The van der Waals surface area contributed by atoms with Gasteiger partial charge in [0.05, 0.1) is 17.6 Å². The second-order valence-corrected chi connectivity index (χ2v) is 12.1. The lowest BCUT2D eigenvalue weighted by atomic mass is 10.1. The number of ether oxygens (including phenoxy) is 1. The average Bonchev–Trinajstić information content (AvgIpc) is 2.83. The topological polar surface area (TPSA) is 121 Å². The maximum absolute atomic E-state index is 14.2. The third-order valence-electron chi connectivity index (χ3n) is 5.20. The number of methoxy groups -OCH3 is 1. The van der Waals surface area contributed by atoms with Crippen molar-refractivity contribution in [3.63, 3.8) is 0 Å². The first-order valence-electron chi connectivity index (χ1n) is 10.2. The van der Waals surface area contributed by atoms with Crippen LogP contribution in [0.4, 0.5) is 8.78 Å². The van der Waals surface area contributed by atoms with E-state index in [0.29, 0.717) is 5.56 Å². The molecule has 0 unspecified atom stereocenters. The summed E-state index contributed by atoms with van der Waals surface area (Å²) in [5, 5.41) is 0. The number of nitrogens with zero attached hydrogens (tertiary/aromatic N) is 1. The van der Waals surface area contributed by atoms with E-state index in [1.807, 2.05) is 0 Å². The van der Waals surface area contributed by atoms with E-state index in [9.17, 15) is 26.6 Å². The van der Waals surface area contributed by atoms with Crippen LogP contribution in [0.5, 0.6) is 0 Å². The molecular weight excluding hydrogens is 583 g/mol. The summed E-state index contributed by atoms with van der Waals surface area (Å²) >= 11 is 2.92. The summed E-state index contributed by atoms with van der Waals surface area (Å²) in [5.74, 6) is -0.549. The van der Waals surface area contributed by atoms with Crippen LogP contribution >= 0.6 is 23.5 Å². The summed E-state index contributed by atoms with van der Waals surface area (Å²) in [6, 6.07) is 16.9. The highest BCUT2D eigenvalue weighted by Gasteiger charge is 2.51. The highest BCUT2D eigenvalue weighted by Crippen LogP contribution is 2.60. The molecule has 0 aliphatic rings. The Hall–Kier alpha value is -2.47. The Morgan fingerprint density at radius 1 is 1.00 bits per heavy atom. The Morgan fingerprint density at radius 3 is 2.08 bits per heavy atom. The molecule has 0 aliphatic heterocycles. The lowest BCUT2D eigenvalue weighted by molar-refractivity contribution is 0.0557. The summed E-state index contributed by atoms with van der Waals surface area (Å²) < 4.78 is 72.0. The van der Waals surface area contributed by atoms with Gasteiger partial charge in [0.15, 0.2) is 0 Å². The molecule has 0 aromatic heterocycles. The Labute approximate surface area is 214 Å². The summed E-state index contributed by atoms with van der Waals surface area (Å²) in [7, 11) is -8.60. The predicted octanol–water partition coefficient (Wildman–Crippen LogP) is 4.85. The molecular formula is C23H21BrF2NO7PS. The number of carbonyl (C=O) groups is 1. The van der Waals surface area contributed by atoms with Crippen molar-refractivity contribution in [2.24, 2.45) is 0 Å². The van der Waals surface area contributed by atoms with Gasteiger partial charge < -0.3 is 14.5 Å². The molecule has 3 rings (SSSR count). The van der Waals surface area contributed by atoms with Gasteiger partial charge in [-0.05, 0) is 41.5 Å². The molecule has 0 atom stereocenters. The SMILES string of the molecule is COC(=O)c1ccc(CN(Cc2ccc(C(F)(F)P(=O)(O)O)c(Br)c2)S(=O)(=O)c2ccccc2)cc1. The van der Waals surface area contributed by atoms with Gasteiger partial charge >= 0.3 is 19.2 Å². The van der Waals surface area contributed by atoms with Crippen LogP contribution in [-0.4, -0.2) is 35.6 Å². The zero-order valence-electron chi connectivity index (χ0n) is 18.7. The maximum atomic E-state index is 14.2. The first-order chi connectivity index (χ1) is 16.8. The van der Waals surface area contributed by atoms with Crippen molar-refractivity contribution < 1.29 is 41.1 Å². The van der Waals surface area contributed by atoms with E-state index in [-0.39, 0.29) is 33.6 Å². The fourth-order valence-corrected chi connectivity index (χ4v) is 6.07. The van der Waals surface area contributed by atoms with Crippen molar-refractivity contribution in [1.29, 1.82) is 0 Å². The molecule has 2 N–H and O–H groups in total. The van der Waals surface area contributed by atoms with Crippen LogP contribution in [0.2, 0.25) is 0 Å². The third kappa shape index (κ3) is 6.08. The number of esters is 1. The van der Waals surface area contributed by atoms with E-state index in [0.717, 1.165) is 10.4 Å². The van der Waals surface area contributed by atoms with Gasteiger partial charge in [-0.3, -0.25) is 4.57 Å². The fourth-order valence-electron chi connectivity index (χ4n) is 3.30. The summed E-state index contributed by atoms with van der Waals surface area (Å²) in [6.07, 6.45) is 0. The number of sulfonamides is 1. The first-order valence-corrected chi connectivity index (χ1v) is 14.1. The number of benzene rings is 3. The highest BCUT2D eigenvalue weighted by atomic mass is 79.9. The number of hydrogen-bond donors (Lipinski definition) is 2. The zero-order valence-corrected chi connectivity index (χ0v) is 22.0. The maximum Gasteiger partial charge on any atom is 0.399 e. The first kappa shape index (κ1) is 28.1. The van der Waals surface area contributed by atoms with Gasteiger partial charge in [0, 0.05) is 23.1 Å². The van der Waals surface area contributed by atoms with Crippen LogP contribution in [0.15, 0.2) is 82.2 Å². The fraction of sp³-hybridized carbons (Fsp3) is 0.174. The molecule has 0 saturated heterocycles. The zero-order chi connectivity index (χ0) is 26.7. The van der Waals surface area contributed by atoms with E-state index in [1.165, 1.54) is 43.5 Å². The second-order valence-electron chi connectivity index (χ2n) is 7.67. The van der Waals surface area contributed by atoms with E-state index >= 15 is 0 Å². The molecule has 36 heavy (non-hydrogen) atoms. The molecule has 0 aliphatic carbocycles. The van der Waals surface area contributed by atoms with Gasteiger partial charge in [0.2, 0.25) is 10.0 Å². The Balaban J connectivity index is 1.98. The molecule has 192 valence electrons. The predicted molar refractivity (Wildman–Crippen MR) is 131 cm³/mol. The minimum atomic E-state index is -5.79. The van der Waals surface area contributed by atoms with Crippen LogP contribution in [0, 0.1) is 0 Å². The highest BCUT2D eigenvalue weighted by molar-refractivity contribution is 9.10. The van der Waals surface area contributed by atoms with Gasteiger partial charge in [0.25, 0.3) is 0 Å². The van der Waals surface area contributed by atoms with Crippen LogP contribution < -0.4 is 0 Å². The van der Waals surface area contributed by atoms with Crippen molar-refractivity contribution in [2.45, 2.75) is 23.6 Å². The second kappa shape index (κ2) is 10.9. The number of rotatable bonds is 9. The molecule has 0 spiro atoms. The van der Waals surface area contributed by atoms with E-state index in [1.54, 1.807) is 30.3 Å². The quantitative estimate of drug-likeness (QED) is 0.265. The van der Waals surface area contributed by atoms with E-state index in [4.69, 9.17) is 9.79 Å². The van der Waals surface area contributed by atoms with Crippen LogP contribution in [0.1, 0.15) is 27.0 Å². The summed E-state index contributed by atoms with van der Waals surface area (Å²) in [4.78, 5) is 29.8. The molecule has 8 nitrogen and oxygen atoms in total. The van der Waals surface area contributed by atoms with Crippen molar-refractivity contribution in [3.8, 4) is 0 Å². The van der Waals surface area contributed by atoms with Gasteiger partial charge in [0.1, 0.15) is 0 Å². The molecule has 0 heterocycles. The molecule has 3 aromatic rings.